The van der Waals surface area contributed by atoms with Crippen LogP contribution in [-0.2, 0) is 0 Å². The van der Waals surface area contributed by atoms with Gasteiger partial charge in [0, 0.05) is 11.4 Å². The minimum atomic E-state index is -0.127. The molecule has 0 radical (unpaired) electrons. The first-order chi connectivity index (χ1) is 7.94. The Morgan fingerprint density at radius 3 is 2.65 bits per heavy atom. The van der Waals surface area contributed by atoms with E-state index in [0.29, 0.717) is 17.0 Å². The molecule has 0 unspecified atom stereocenters. The van der Waals surface area contributed by atoms with Gasteiger partial charge in [-0.15, -0.1) is 0 Å². The molecule has 0 heterocycles. The number of benzene rings is 1. The molecule has 0 aliphatic carbocycles. The molecule has 1 aromatic carbocycles. The highest BCUT2D eigenvalue weighted by Crippen LogP contribution is 2.21. The van der Waals surface area contributed by atoms with E-state index >= 15 is 0 Å². The predicted octanol–water partition coefficient (Wildman–Crippen LogP) is 3.04. The van der Waals surface area contributed by atoms with Gasteiger partial charge >= 0.3 is 0 Å². The van der Waals surface area contributed by atoms with Gasteiger partial charge < -0.3 is 5.32 Å². The van der Waals surface area contributed by atoms with Gasteiger partial charge in [-0.1, -0.05) is 32.9 Å². The molecule has 0 aliphatic heterocycles. The summed E-state index contributed by atoms with van der Waals surface area (Å²) in [5, 5.41) is 13.5. The number of nitriles is 1. The van der Waals surface area contributed by atoms with Gasteiger partial charge in [-0.3, -0.25) is 4.79 Å². The fourth-order valence-electron chi connectivity index (χ4n) is 1.23. The number of thiocyanates is 1. The van der Waals surface area contributed by atoms with E-state index in [2.05, 4.69) is 26.1 Å². The number of hydrogen-bond donors (Lipinski definition) is 1. The number of hydrogen-bond acceptors (Lipinski definition) is 3. The zero-order valence-corrected chi connectivity index (χ0v) is 11.1. The lowest BCUT2D eigenvalue weighted by molar-refractivity contribution is 0.0936. The van der Waals surface area contributed by atoms with Crippen LogP contribution < -0.4 is 5.32 Å². The van der Waals surface area contributed by atoms with Gasteiger partial charge in [0.2, 0.25) is 0 Å². The number of thioether (sulfide) groups is 1. The topological polar surface area (TPSA) is 52.9 Å². The number of nitrogens with one attached hydrogen (secondary N) is 1. The molecule has 1 rings (SSSR count). The van der Waals surface area contributed by atoms with Crippen LogP contribution in [0.25, 0.3) is 0 Å². The van der Waals surface area contributed by atoms with E-state index < -0.39 is 0 Å². The molecular weight excluding hydrogens is 232 g/mol. The summed E-state index contributed by atoms with van der Waals surface area (Å²) in [4.78, 5) is 12.6. The Balaban J connectivity index is 2.79. The van der Waals surface area contributed by atoms with Crippen LogP contribution in [0.15, 0.2) is 29.2 Å². The highest BCUT2D eigenvalue weighted by molar-refractivity contribution is 8.03. The number of rotatable bonds is 3. The second-order valence-electron chi connectivity index (χ2n) is 4.93. The second kappa shape index (κ2) is 5.74. The van der Waals surface area contributed by atoms with Gasteiger partial charge in [0.15, 0.2) is 0 Å². The fraction of sp³-hybridized carbons (Fsp3) is 0.385. The van der Waals surface area contributed by atoms with E-state index in [4.69, 9.17) is 5.26 Å². The first-order valence-electron chi connectivity index (χ1n) is 5.37. The minimum Gasteiger partial charge on any atom is -0.351 e. The number of amides is 1. The summed E-state index contributed by atoms with van der Waals surface area (Å²) in [5.74, 6) is -0.127. The highest BCUT2D eigenvalue weighted by Gasteiger charge is 2.15. The van der Waals surface area contributed by atoms with Crippen LogP contribution in [-0.4, -0.2) is 12.5 Å². The predicted molar refractivity (Wildman–Crippen MR) is 69.7 cm³/mol. The summed E-state index contributed by atoms with van der Waals surface area (Å²) in [6.45, 7) is 6.78. The van der Waals surface area contributed by atoms with Crippen molar-refractivity contribution >= 4 is 17.7 Å². The average molecular weight is 248 g/mol. The Morgan fingerprint density at radius 1 is 1.41 bits per heavy atom. The number of carbonyl (C=O) groups is 1. The van der Waals surface area contributed by atoms with Gasteiger partial charge in [0.05, 0.1) is 5.56 Å². The van der Waals surface area contributed by atoms with Crippen molar-refractivity contribution in [3.05, 3.63) is 29.8 Å². The van der Waals surface area contributed by atoms with Crippen molar-refractivity contribution in [2.45, 2.75) is 25.7 Å². The van der Waals surface area contributed by atoms with Gasteiger partial charge in [0.1, 0.15) is 5.40 Å². The largest absolute Gasteiger partial charge is 0.351 e. The molecule has 0 aromatic heterocycles. The molecule has 4 heteroatoms. The van der Waals surface area contributed by atoms with Crippen molar-refractivity contribution in [1.29, 1.82) is 5.26 Å². The van der Waals surface area contributed by atoms with Crippen molar-refractivity contribution in [3.63, 3.8) is 0 Å². The Hall–Kier alpha value is -1.47. The second-order valence-corrected chi connectivity index (χ2v) is 5.76. The molecular formula is C13H16N2OS. The fourth-order valence-corrected chi connectivity index (χ4v) is 1.75. The van der Waals surface area contributed by atoms with Gasteiger partial charge in [0.25, 0.3) is 5.91 Å². The van der Waals surface area contributed by atoms with E-state index in [-0.39, 0.29) is 11.3 Å². The molecule has 1 N–H and O–H groups in total. The van der Waals surface area contributed by atoms with E-state index in [1.54, 1.807) is 18.2 Å². The lowest BCUT2D eigenvalue weighted by Gasteiger charge is -2.19. The van der Waals surface area contributed by atoms with Crippen LogP contribution in [0.5, 0.6) is 0 Å². The van der Waals surface area contributed by atoms with E-state index in [1.165, 1.54) is 0 Å². The van der Waals surface area contributed by atoms with E-state index in [0.717, 1.165) is 11.8 Å². The van der Waals surface area contributed by atoms with Gasteiger partial charge in [-0.05, 0) is 29.3 Å². The molecule has 0 atom stereocenters. The van der Waals surface area contributed by atoms with Gasteiger partial charge in [-0.2, -0.15) is 5.26 Å². The third-order valence-corrected chi connectivity index (χ3v) is 2.73. The van der Waals surface area contributed by atoms with Crippen LogP contribution in [0.4, 0.5) is 0 Å². The smallest absolute Gasteiger partial charge is 0.252 e. The van der Waals surface area contributed by atoms with Crippen molar-refractivity contribution in [2.75, 3.05) is 6.54 Å². The standard InChI is InChI=1S/C13H16N2OS/c1-13(2,3)8-15-12(16)10-6-4-5-7-11(10)17-9-14/h4-7H,8H2,1-3H3,(H,15,16). The van der Waals surface area contributed by atoms with Crippen LogP contribution in [0, 0.1) is 16.1 Å². The lowest BCUT2D eigenvalue weighted by atomic mass is 9.97. The van der Waals surface area contributed by atoms with Crippen molar-refractivity contribution in [1.82, 2.24) is 5.32 Å². The van der Waals surface area contributed by atoms with E-state index in [9.17, 15) is 4.79 Å². The number of carbonyl (C=O) groups excluding carboxylic acids is 1. The lowest BCUT2D eigenvalue weighted by Crippen LogP contribution is -2.32. The highest BCUT2D eigenvalue weighted by atomic mass is 32.2. The van der Waals surface area contributed by atoms with Crippen molar-refractivity contribution < 1.29 is 4.79 Å². The zero-order valence-electron chi connectivity index (χ0n) is 10.3. The first-order valence-corrected chi connectivity index (χ1v) is 6.19. The molecule has 90 valence electrons. The maximum atomic E-state index is 12.0. The molecule has 0 spiro atoms. The van der Waals surface area contributed by atoms with Crippen molar-refractivity contribution in [2.24, 2.45) is 5.41 Å². The summed E-state index contributed by atoms with van der Waals surface area (Å²) in [5.41, 5.74) is 0.607. The normalized spacial score (nSPS) is 10.7. The monoisotopic (exact) mass is 248 g/mol. The van der Waals surface area contributed by atoms with Crippen molar-refractivity contribution in [3.8, 4) is 5.40 Å². The Morgan fingerprint density at radius 2 is 2.06 bits per heavy atom. The van der Waals surface area contributed by atoms with Crippen LogP contribution in [0.2, 0.25) is 0 Å². The van der Waals surface area contributed by atoms with Crippen LogP contribution in [0.1, 0.15) is 31.1 Å². The summed E-state index contributed by atoms with van der Waals surface area (Å²) >= 11 is 1.01. The minimum absolute atomic E-state index is 0.0486. The Kier molecular flexibility index (Phi) is 4.59. The summed E-state index contributed by atoms with van der Waals surface area (Å²) in [6.07, 6.45) is 0. The quantitative estimate of drug-likeness (QED) is 0.660. The molecule has 0 fully saturated rings. The third-order valence-electron chi connectivity index (χ3n) is 2.07. The molecule has 0 bridgehead atoms. The summed E-state index contributed by atoms with van der Waals surface area (Å²) < 4.78 is 0. The number of nitrogens with zero attached hydrogens (tertiary/aromatic N) is 1. The molecule has 17 heavy (non-hydrogen) atoms. The molecule has 1 amide bonds. The zero-order chi connectivity index (χ0) is 12.9. The average Bonchev–Trinajstić information content (AvgIpc) is 2.26. The maximum Gasteiger partial charge on any atom is 0.252 e. The molecule has 0 saturated heterocycles. The summed E-state index contributed by atoms with van der Waals surface area (Å²) in [7, 11) is 0. The van der Waals surface area contributed by atoms with Gasteiger partial charge in [-0.25, -0.2) is 0 Å². The van der Waals surface area contributed by atoms with E-state index in [1.807, 2.05) is 11.5 Å². The van der Waals surface area contributed by atoms with Crippen LogP contribution >= 0.6 is 11.8 Å². The maximum absolute atomic E-state index is 12.0. The molecule has 0 saturated carbocycles. The first kappa shape index (κ1) is 13.6. The Labute approximate surface area is 106 Å². The Bertz CT molecular complexity index is 443. The molecule has 0 aliphatic rings. The van der Waals surface area contributed by atoms with Crippen LogP contribution in [0.3, 0.4) is 0 Å². The summed E-state index contributed by atoms with van der Waals surface area (Å²) in [6, 6.07) is 7.13. The molecule has 1 aromatic rings. The SMILES string of the molecule is CC(C)(C)CNC(=O)c1ccccc1SC#N. The third kappa shape index (κ3) is 4.49. The molecule has 3 nitrogen and oxygen atoms in total.